The highest BCUT2D eigenvalue weighted by atomic mass is 16.5. The summed E-state index contributed by atoms with van der Waals surface area (Å²) < 4.78 is 5.26. The number of nitrogens with zero attached hydrogens (tertiary/aromatic N) is 1. The molecular weight excluding hydrogens is 368 g/mol. The molecule has 29 heavy (non-hydrogen) atoms. The van der Waals surface area contributed by atoms with Crippen molar-refractivity contribution in [1.82, 2.24) is 10.2 Å². The Morgan fingerprint density at radius 3 is 2.28 bits per heavy atom. The van der Waals surface area contributed by atoms with Crippen molar-refractivity contribution in [2.75, 3.05) is 6.54 Å². The number of rotatable bonds is 6. The molecule has 3 rings (SSSR count). The Kier molecular flexibility index (Phi) is 5.73. The van der Waals surface area contributed by atoms with Gasteiger partial charge in [-0.05, 0) is 36.5 Å². The zero-order chi connectivity index (χ0) is 21.2. The second-order valence-corrected chi connectivity index (χ2v) is 7.87. The summed E-state index contributed by atoms with van der Waals surface area (Å²) in [5.74, 6) is -0.673. The first-order valence-corrected chi connectivity index (χ1v) is 9.66. The molecule has 0 spiro atoms. The molecule has 0 aliphatic carbocycles. The molecule has 6 nitrogen and oxygen atoms in total. The van der Waals surface area contributed by atoms with Crippen molar-refractivity contribution in [2.24, 2.45) is 0 Å². The first kappa shape index (κ1) is 20.6. The molecular formula is C23H26N2O4. The van der Waals surface area contributed by atoms with E-state index < -0.39 is 30.0 Å². The zero-order valence-electron chi connectivity index (χ0n) is 17.2. The van der Waals surface area contributed by atoms with Gasteiger partial charge in [-0.3, -0.25) is 14.5 Å². The van der Waals surface area contributed by atoms with E-state index in [0.29, 0.717) is 11.5 Å². The number of hydrogen-bond acceptors (Lipinski definition) is 4. The van der Waals surface area contributed by atoms with Crippen molar-refractivity contribution in [3.8, 4) is 0 Å². The van der Waals surface area contributed by atoms with E-state index in [2.05, 4.69) is 19.2 Å². The molecule has 152 valence electrons. The van der Waals surface area contributed by atoms with Gasteiger partial charge in [-0.1, -0.05) is 67.9 Å². The fourth-order valence-electron chi connectivity index (χ4n) is 3.26. The minimum atomic E-state index is -1.20. The molecule has 1 saturated heterocycles. The Bertz CT molecular complexity index is 919. The summed E-state index contributed by atoms with van der Waals surface area (Å²) in [4.78, 5) is 38.3. The molecule has 1 aliphatic rings. The Hall–Kier alpha value is -3.15. The predicted octanol–water partition coefficient (Wildman–Crippen LogP) is 3.63. The van der Waals surface area contributed by atoms with Crippen LogP contribution in [0.2, 0.25) is 0 Å². The molecule has 1 heterocycles. The topological polar surface area (TPSA) is 75.7 Å². The van der Waals surface area contributed by atoms with Gasteiger partial charge in [-0.2, -0.15) is 0 Å². The van der Waals surface area contributed by atoms with Gasteiger partial charge in [0.1, 0.15) is 18.7 Å². The molecule has 0 saturated carbocycles. The SMILES string of the molecule is Cc1ccc([C@@]2(C)NC(=O)N(CC(=O)OCc3ccc(C(C)C)cc3)C2=O)cc1. The Labute approximate surface area is 170 Å². The third-order valence-electron chi connectivity index (χ3n) is 5.24. The summed E-state index contributed by atoms with van der Waals surface area (Å²) in [7, 11) is 0. The van der Waals surface area contributed by atoms with E-state index in [1.165, 1.54) is 5.56 Å². The van der Waals surface area contributed by atoms with Gasteiger partial charge in [0.15, 0.2) is 0 Å². The van der Waals surface area contributed by atoms with Crippen LogP contribution in [0.25, 0.3) is 0 Å². The van der Waals surface area contributed by atoms with Crippen molar-refractivity contribution in [1.29, 1.82) is 0 Å². The standard InChI is InChI=1S/C23H26N2O4/c1-15(2)18-9-7-17(8-10-18)14-29-20(26)13-25-21(27)23(4,24-22(25)28)19-11-5-16(3)6-12-19/h5-12,15H,13-14H2,1-4H3,(H,24,28)/t23-/m1/s1. The van der Waals surface area contributed by atoms with Crippen LogP contribution >= 0.6 is 0 Å². The average Bonchev–Trinajstić information content (AvgIpc) is 2.91. The smallest absolute Gasteiger partial charge is 0.326 e. The van der Waals surface area contributed by atoms with Gasteiger partial charge in [-0.25, -0.2) is 4.79 Å². The second-order valence-electron chi connectivity index (χ2n) is 7.87. The Balaban J connectivity index is 1.62. The van der Waals surface area contributed by atoms with Gasteiger partial charge in [0.05, 0.1) is 0 Å². The quantitative estimate of drug-likeness (QED) is 0.600. The van der Waals surface area contributed by atoms with Crippen molar-refractivity contribution in [2.45, 2.75) is 45.8 Å². The largest absolute Gasteiger partial charge is 0.459 e. The van der Waals surface area contributed by atoms with Gasteiger partial charge in [0.2, 0.25) is 0 Å². The summed E-state index contributed by atoms with van der Waals surface area (Å²) >= 11 is 0. The highest BCUT2D eigenvalue weighted by Gasteiger charge is 2.49. The van der Waals surface area contributed by atoms with E-state index in [0.717, 1.165) is 16.0 Å². The lowest BCUT2D eigenvalue weighted by atomic mass is 9.91. The van der Waals surface area contributed by atoms with Crippen LogP contribution in [0.15, 0.2) is 48.5 Å². The van der Waals surface area contributed by atoms with Crippen molar-refractivity contribution in [3.05, 3.63) is 70.8 Å². The number of imide groups is 1. The number of amides is 3. The van der Waals surface area contributed by atoms with Crippen LogP contribution in [0, 0.1) is 6.92 Å². The van der Waals surface area contributed by atoms with E-state index in [9.17, 15) is 14.4 Å². The number of esters is 1. The summed E-state index contributed by atoms with van der Waals surface area (Å²) in [6, 6.07) is 14.6. The van der Waals surface area contributed by atoms with E-state index >= 15 is 0 Å². The summed E-state index contributed by atoms with van der Waals surface area (Å²) in [6.07, 6.45) is 0. The highest BCUT2D eigenvalue weighted by Crippen LogP contribution is 2.29. The summed E-state index contributed by atoms with van der Waals surface area (Å²) in [5.41, 5.74) is 2.58. The summed E-state index contributed by atoms with van der Waals surface area (Å²) in [5, 5.41) is 2.69. The van der Waals surface area contributed by atoms with Crippen molar-refractivity contribution < 1.29 is 19.1 Å². The van der Waals surface area contributed by atoms with E-state index in [-0.39, 0.29) is 6.61 Å². The molecule has 1 aliphatic heterocycles. The fourth-order valence-corrected chi connectivity index (χ4v) is 3.26. The van der Waals surface area contributed by atoms with Crippen LogP contribution in [0.5, 0.6) is 0 Å². The minimum absolute atomic E-state index is 0.0933. The van der Waals surface area contributed by atoms with E-state index in [1.807, 2.05) is 43.3 Å². The molecule has 0 unspecified atom stereocenters. The number of carbonyl (C=O) groups excluding carboxylic acids is 3. The fraction of sp³-hybridized carbons (Fsp3) is 0.348. The maximum atomic E-state index is 12.9. The molecule has 1 fully saturated rings. The van der Waals surface area contributed by atoms with Gasteiger partial charge >= 0.3 is 12.0 Å². The number of urea groups is 1. The van der Waals surface area contributed by atoms with Crippen LogP contribution in [0.3, 0.4) is 0 Å². The number of benzene rings is 2. The van der Waals surface area contributed by atoms with Crippen LogP contribution in [0.1, 0.15) is 48.9 Å². The van der Waals surface area contributed by atoms with Crippen LogP contribution in [0.4, 0.5) is 4.79 Å². The molecule has 0 aromatic heterocycles. The predicted molar refractivity (Wildman–Crippen MR) is 109 cm³/mol. The van der Waals surface area contributed by atoms with E-state index in [4.69, 9.17) is 4.74 Å². The average molecular weight is 394 g/mol. The third kappa shape index (κ3) is 4.31. The van der Waals surface area contributed by atoms with Gasteiger partial charge in [0.25, 0.3) is 5.91 Å². The maximum absolute atomic E-state index is 12.9. The lowest BCUT2D eigenvalue weighted by Crippen LogP contribution is -2.41. The number of carbonyl (C=O) groups is 3. The molecule has 0 radical (unpaired) electrons. The molecule has 3 amide bonds. The van der Waals surface area contributed by atoms with Crippen molar-refractivity contribution >= 4 is 17.9 Å². The molecule has 2 aromatic rings. The maximum Gasteiger partial charge on any atom is 0.326 e. The molecule has 6 heteroatoms. The normalized spacial score (nSPS) is 18.9. The zero-order valence-corrected chi connectivity index (χ0v) is 17.2. The Morgan fingerprint density at radius 1 is 1.07 bits per heavy atom. The first-order valence-electron chi connectivity index (χ1n) is 9.66. The third-order valence-corrected chi connectivity index (χ3v) is 5.24. The number of aryl methyl sites for hydroxylation is 1. The van der Waals surface area contributed by atoms with Crippen LogP contribution in [-0.4, -0.2) is 29.4 Å². The number of nitrogens with one attached hydrogen (secondary N) is 1. The number of ether oxygens (including phenoxy) is 1. The molecule has 1 N–H and O–H groups in total. The van der Waals surface area contributed by atoms with Crippen LogP contribution in [-0.2, 0) is 26.5 Å². The highest BCUT2D eigenvalue weighted by molar-refractivity contribution is 6.08. The molecule has 2 aromatic carbocycles. The second kappa shape index (κ2) is 8.07. The first-order chi connectivity index (χ1) is 13.7. The monoisotopic (exact) mass is 394 g/mol. The van der Waals surface area contributed by atoms with Gasteiger partial charge in [0, 0.05) is 0 Å². The number of hydrogen-bond donors (Lipinski definition) is 1. The van der Waals surface area contributed by atoms with Crippen molar-refractivity contribution in [3.63, 3.8) is 0 Å². The molecule has 1 atom stereocenters. The Morgan fingerprint density at radius 2 is 1.69 bits per heavy atom. The van der Waals surface area contributed by atoms with Crippen LogP contribution < -0.4 is 5.32 Å². The van der Waals surface area contributed by atoms with E-state index in [1.54, 1.807) is 19.1 Å². The summed E-state index contributed by atoms with van der Waals surface area (Å²) in [6.45, 7) is 7.47. The van der Waals surface area contributed by atoms with Gasteiger partial charge in [-0.15, -0.1) is 0 Å². The minimum Gasteiger partial charge on any atom is -0.459 e. The van der Waals surface area contributed by atoms with Gasteiger partial charge < -0.3 is 10.1 Å². The lowest BCUT2D eigenvalue weighted by Gasteiger charge is -2.22. The molecule has 0 bridgehead atoms. The lowest BCUT2D eigenvalue weighted by molar-refractivity contribution is -0.148.